The fourth-order valence-corrected chi connectivity index (χ4v) is 4.63. The summed E-state index contributed by atoms with van der Waals surface area (Å²) in [5.74, 6) is 2.23. The molecule has 1 amide bonds. The molecule has 2 aliphatic heterocycles. The van der Waals surface area contributed by atoms with Gasteiger partial charge in [-0.25, -0.2) is 5.43 Å². The summed E-state index contributed by atoms with van der Waals surface area (Å²) in [4.78, 5) is 19.8. The molecule has 2 fully saturated rings. The standard InChI is InChI=1S/C23H33N5O3/c1-13(2)17-11-19(27-26-17)23(29)28-7-5-14(6-8-28)22-16(24)9-15-10-20(30-3)21(31-4)12-18(15)25-22/h9-10,12-14,17,19,26-27H,5-8,11,24H2,1-4H3. The Morgan fingerprint density at radius 3 is 2.42 bits per heavy atom. The number of fused-ring (bicyclic) bond motifs is 1. The molecule has 2 saturated heterocycles. The van der Waals surface area contributed by atoms with Crippen molar-refractivity contribution in [1.29, 1.82) is 0 Å². The fourth-order valence-electron chi connectivity index (χ4n) is 4.63. The van der Waals surface area contributed by atoms with Crippen molar-refractivity contribution in [1.82, 2.24) is 20.7 Å². The largest absolute Gasteiger partial charge is 0.493 e. The Balaban J connectivity index is 1.46. The van der Waals surface area contributed by atoms with Gasteiger partial charge in [0, 0.05) is 36.5 Å². The van der Waals surface area contributed by atoms with Crippen molar-refractivity contribution in [3.63, 3.8) is 0 Å². The van der Waals surface area contributed by atoms with Gasteiger partial charge in [0.2, 0.25) is 5.91 Å². The van der Waals surface area contributed by atoms with E-state index in [0.29, 0.717) is 29.1 Å². The number of hydrogen-bond donors (Lipinski definition) is 3. The van der Waals surface area contributed by atoms with E-state index in [4.69, 9.17) is 20.2 Å². The number of carbonyl (C=O) groups is 1. The van der Waals surface area contributed by atoms with E-state index in [1.54, 1.807) is 14.2 Å². The molecule has 0 aliphatic carbocycles. The van der Waals surface area contributed by atoms with Gasteiger partial charge in [-0.2, -0.15) is 0 Å². The number of amides is 1. The van der Waals surface area contributed by atoms with Crippen molar-refractivity contribution in [2.24, 2.45) is 5.92 Å². The summed E-state index contributed by atoms with van der Waals surface area (Å²) in [5, 5.41) is 0.922. The van der Waals surface area contributed by atoms with Gasteiger partial charge in [0.25, 0.3) is 0 Å². The average molecular weight is 428 g/mol. The normalized spacial score (nSPS) is 22.3. The quantitative estimate of drug-likeness (QED) is 0.674. The van der Waals surface area contributed by atoms with Crippen molar-refractivity contribution < 1.29 is 14.3 Å². The van der Waals surface area contributed by atoms with Crippen LogP contribution >= 0.6 is 0 Å². The number of piperidine rings is 1. The zero-order chi connectivity index (χ0) is 22.1. The number of anilines is 1. The number of hydrazine groups is 1. The van der Waals surface area contributed by atoms with Gasteiger partial charge >= 0.3 is 0 Å². The highest BCUT2D eigenvalue weighted by molar-refractivity contribution is 5.86. The molecule has 1 aromatic heterocycles. The molecule has 0 saturated carbocycles. The molecule has 31 heavy (non-hydrogen) atoms. The first-order valence-electron chi connectivity index (χ1n) is 11.0. The number of hydrogen-bond acceptors (Lipinski definition) is 7. The summed E-state index contributed by atoms with van der Waals surface area (Å²) in [6.07, 6.45) is 2.55. The molecular weight excluding hydrogens is 394 g/mol. The van der Waals surface area contributed by atoms with Crippen LogP contribution in [0.1, 0.15) is 44.7 Å². The van der Waals surface area contributed by atoms with Gasteiger partial charge in [-0.1, -0.05) is 13.8 Å². The lowest BCUT2D eigenvalue weighted by Crippen LogP contribution is -2.48. The van der Waals surface area contributed by atoms with E-state index in [1.807, 2.05) is 23.1 Å². The molecule has 2 aromatic rings. The fraction of sp³-hybridized carbons (Fsp3) is 0.565. The van der Waals surface area contributed by atoms with Crippen LogP contribution in [0.5, 0.6) is 11.5 Å². The van der Waals surface area contributed by atoms with Crippen molar-refractivity contribution in [2.45, 2.75) is 51.1 Å². The minimum Gasteiger partial charge on any atom is -0.493 e. The summed E-state index contributed by atoms with van der Waals surface area (Å²) in [7, 11) is 3.23. The van der Waals surface area contributed by atoms with E-state index in [0.717, 1.165) is 48.9 Å². The summed E-state index contributed by atoms with van der Waals surface area (Å²) in [5.41, 5.74) is 15.3. The van der Waals surface area contributed by atoms with Crippen molar-refractivity contribution >= 4 is 22.5 Å². The van der Waals surface area contributed by atoms with Crippen molar-refractivity contribution in [2.75, 3.05) is 33.0 Å². The van der Waals surface area contributed by atoms with E-state index in [9.17, 15) is 4.79 Å². The second-order valence-electron chi connectivity index (χ2n) is 8.89. The minimum atomic E-state index is -0.143. The SMILES string of the molecule is COc1cc2cc(N)c(C3CCN(C(=O)C4CC(C(C)C)NN4)CC3)nc2cc1OC. The predicted molar refractivity (Wildman–Crippen MR) is 121 cm³/mol. The number of nitrogens with one attached hydrogen (secondary N) is 2. The van der Waals surface area contributed by atoms with E-state index in [-0.39, 0.29) is 17.9 Å². The monoisotopic (exact) mass is 427 g/mol. The number of rotatable bonds is 5. The third kappa shape index (κ3) is 4.27. The van der Waals surface area contributed by atoms with Gasteiger partial charge in [-0.3, -0.25) is 15.2 Å². The Morgan fingerprint density at radius 2 is 1.81 bits per heavy atom. The Bertz CT molecular complexity index is 956. The summed E-state index contributed by atoms with van der Waals surface area (Å²) < 4.78 is 10.8. The van der Waals surface area contributed by atoms with Gasteiger partial charge in [-0.15, -0.1) is 0 Å². The first kappa shape index (κ1) is 21.6. The highest BCUT2D eigenvalue weighted by Gasteiger charge is 2.35. The van der Waals surface area contributed by atoms with Crippen molar-refractivity contribution in [3.8, 4) is 11.5 Å². The average Bonchev–Trinajstić information content (AvgIpc) is 3.28. The first-order valence-corrected chi connectivity index (χ1v) is 11.0. The maximum absolute atomic E-state index is 12.9. The Labute approximate surface area is 183 Å². The highest BCUT2D eigenvalue weighted by atomic mass is 16.5. The molecule has 2 atom stereocenters. The minimum absolute atomic E-state index is 0.143. The highest BCUT2D eigenvalue weighted by Crippen LogP contribution is 2.36. The zero-order valence-corrected chi connectivity index (χ0v) is 18.8. The third-order valence-corrected chi connectivity index (χ3v) is 6.61. The first-order chi connectivity index (χ1) is 14.9. The Morgan fingerprint density at radius 1 is 1.13 bits per heavy atom. The number of nitrogen functional groups attached to an aromatic ring is 1. The van der Waals surface area contributed by atoms with Gasteiger partial charge < -0.3 is 20.1 Å². The lowest BCUT2D eigenvalue weighted by Gasteiger charge is -2.33. The van der Waals surface area contributed by atoms with Crippen LogP contribution in [-0.2, 0) is 4.79 Å². The van der Waals surface area contributed by atoms with E-state index < -0.39 is 0 Å². The van der Waals surface area contributed by atoms with Crippen LogP contribution in [0.15, 0.2) is 18.2 Å². The van der Waals surface area contributed by atoms with Gasteiger partial charge in [0.1, 0.15) is 6.04 Å². The Kier molecular flexibility index (Phi) is 6.20. The summed E-state index contributed by atoms with van der Waals surface area (Å²) in [6.45, 7) is 5.78. The van der Waals surface area contributed by atoms with Crippen LogP contribution in [-0.4, -0.2) is 55.2 Å². The van der Waals surface area contributed by atoms with Gasteiger partial charge in [0.05, 0.1) is 31.1 Å². The molecule has 8 nitrogen and oxygen atoms in total. The van der Waals surface area contributed by atoms with Crippen molar-refractivity contribution in [3.05, 3.63) is 23.9 Å². The van der Waals surface area contributed by atoms with Crippen LogP contribution in [0.25, 0.3) is 10.9 Å². The molecule has 4 rings (SSSR count). The number of nitrogens with two attached hydrogens (primary N) is 1. The van der Waals surface area contributed by atoms with Crippen LogP contribution in [0.4, 0.5) is 5.69 Å². The van der Waals surface area contributed by atoms with Crippen LogP contribution in [0.2, 0.25) is 0 Å². The molecule has 0 spiro atoms. The number of likely N-dealkylation sites (tertiary alicyclic amines) is 1. The third-order valence-electron chi connectivity index (χ3n) is 6.61. The van der Waals surface area contributed by atoms with E-state index in [1.165, 1.54) is 0 Å². The number of methoxy groups -OCH3 is 2. The van der Waals surface area contributed by atoms with Gasteiger partial charge in [0.15, 0.2) is 11.5 Å². The molecule has 8 heteroatoms. The van der Waals surface area contributed by atoms with Crippen LogP contribution in [0, 0.1) is 5.92 Å². The molecule has 168 valence electrons. The maximum atomic E-state index is 12.9. The van der Waals surface area contributed by atoms with E-state index >= 15 is 0 Å². The van der Waals surface area contributed by atoms with Gasteiger partial charge in [-0.05, 0) is 37.3 Å². The molecule has 0 radical (unpaired) electrons. The molecular formula is C23H33N5O3. The number of carbonyl (C=O) groups excluding carboxylic acids is 1. The molecule has 1 aromatic carbocycles. The number of pyridine rings is 1. The zero-order valence-electron chi connectivity index (χ0n) is 18.8. The number of benzene rings is 1. The predicted octanol–water partition coefficient (Wildman–Crippen LogP) is 2.43. The molecule has 3 heterocycles. The number of aromatic nitrogens is 1. The second kappa shape index (κ2) is 8.88. The maximum Gasteiger partial charge on any atom is 0.241 e. The Hall–Kier alpha value is -2.58. The molecule has 2 aliphatic rings. The van der Waals surface area contributed by atoms with Crippen LogP contribution in [0.3, 0.4) is 0 Å². The summed E-state index contributed by atoms with van der Waals surface area (Å²) >= 11 is 0. The number of nitrogens with zero attached hydrogens (tertiary/aromatic N) is 2. The topological polar surface area (TPSA) is 102 Å². The smallest absolute Gasteiger partial charge is 0.241 e. The molecule has 4 N–H and O–H groups in total. The second-order valence-corrected chi connectivity index (χ2v) is 8.89. The van der Waals surface area contributed by atoms with Crippen LogP contribution < -0.4 is 26.1 Å². The number of ether oxygens (including phenoxy) is 2. The molecule has 0 bridgehead atoms. The summed E-state index contributed by atoms with van der Waals surface area (Å²) in [6, 6.07) is 5.94. The lowest BCUT2D eigenvalue weighted by molar-refractivity contribution is -0.134. The van der Waals surface area contributed by atoms with E-state index in [2.05, 4.69) is 24.7 Å². The molecule has 2 unspecified atom stereocenters. The lowest BCUT2D eigenvalue weighted by atomic mass is 9.91.